The summed E-state index contributed by atoms with van der Waals surface area (Å²) in [5, 5.41) is 0. The summed E-state index contributed by atoms with van der Waals surface area (Å²) in [5.74, 6) is 1.36. The summed E-state index contributed by atoms with van der Waals surface area (Å²) in [5.41, 5.74) is 0. The maximum atomic E-state index is 4.95. The largest absolute Gasteiger partial charge is 0.363 e. The molecule has 1 atom stereocenters. The van der Waals surface area contributed by atoms with Gasteiger partial charge in [-0.15, -0.1) is 0 Å². The van der Waals surface area contributed by atoms with Crippen LogP contribution in [0.1, 0.15) is 0 Å². The van der Waals surface area contributed by atoms with E-state index in [2.05, 4.69) is 0 Å². The monoisotopic (exact) mass is 108 g/mol. The second-order valence-corrected chi connectivity index (χ2v) is 6.14. The first-order valence-corrected chi connectivity index (χ1v) is 5.04. The van der Waals surface area contributed by atoms with Crippen LogP contribution in [0.2, 0.25) is 0 Å². The Morgan fingerprint density at radius 1 is 2.00 bits per heavy atom. The molecule has 1 rings (SSSR count). The minimum atomic E-state index is -0.152. The highest BCUT2D eigenvalue weighted by molar-refractivity contribution is 8.08. The smallest absolute Gasteiger partial charge is 0.0398 e. The van der Waals surface area contributed by atoms with Crippen LogP contribution < -0.4 is 0 Å². The van der Waals surface area contributed by atoms with Crippen molar-refractivity contribution in [3.05, 3.63) is 0 Å². The van der Waals surface area contributed by atoms with Crippen LogP contribution in [0.5, 0.6) is 0 Å². The molecule has 5 heavy (non-hydrogen) atoms. The fraction of sp³-hybridized carbons (Fsp3) is 1.00. The minimum absolute atomic E-state index is 0.152. The lowest BCUT2D eigenvalue weighted by Crippen LogP contribution is -1.49. The highest BCUT2D eigenvalue weighted by atomic mass is 31.8. The topological polar surface area (TPSA) is 9.23 Å². The molecule has 0 bridgehead atoms. The Morgan fingerprint density at radius 2 is 2.60 bits per heavy atom. The Balaban J connectivity index is 2.22. The van der Waals surface area contributed by atoms with E-state index in [1.54, 1.807) is 15.0 Å². The molecule has 1 aliphatic rings. The number of rotatable bonds is 1. The molecule has 0 aromatic carbocycles. The molecule has 0 saturated heterocycles. The highest BCUT2D eigenvalue weighted by Crippen LogP contribution is 2.54. The lowest BCUT2D eigenvalue weighted by Gasteiger charge is -1.75. The van der Waals surface area contributed by atoms with Crippen molar-refractivity contribution in [2.24, 2.45) is 0 Å². The molecule has 0 amide bonds. The third kappa shape index (κ3) is 1.05. The van der Waals surface area contributed by atoms with E-state index in [9.17, 15) is 0 Å². The summed E-state index contributed by atoms with van der Waals surface area (Å²) in [6.07, 6.45) is 0. The number of hydrogen-bond acceptors (Lipinski definition) is 1. The van der Waals surface area contributed by atoms with Gasteiger partial charge in [0.05, 0.1) is 0 Å². The van der Waals surface area contributed by atoms with E-state index in [1.807, 2.05) is 0 Å². The molecule has 0 N–H and O–H groups in total. The molecule has 1 aliphatic heterocycles. The van der Waals surface area contributed by atoms with Crippen LogP contribution in [-0.2, 0) is 4.52 Å². The van der Waals surface area contributed by atoms with Gasteiger partial charge in [-0.3, -0.25) is 0 Å². The van der Waals surface area contributed by atoms with Gasteiger partial charge in [0.2, 0.25) is 0 Å². The predicted octanol–water partition coefficient (Wildman–Crippen LogP) is 1.59. The Kier molecular flexibility index (Phi) is 1.10. The van der Waals surface area contributed by atoms with Gasteiger partial charge < -0.3 is 4.52 Å². The molecule has 0 spiro atoms. The van der Waals surface area contributed by atoms with Crippen LogP contribution in [0.15, 0.2) is 0 Å². The van der Waals surface area contributed by atoms with Gasteiger partial charge in [0.25, 0.3) is 0 Å². The summed E-state index contributed by atoms with van der Waals surface area (Å²) < 4.78 is 4.95. The van der Waals surface area contributed by atoms with E-state index in [0.717, 1.165) is 0 Å². The van der Waals surface area contributed by atoms with Gasteiger partial charge in [-0.2, -0.15) is 0 Å². The van der Waals surface area contributed by atoms with Crippen LogP contribution in [0.25, 0.3) is 0 Å². The molecule has 1 heterocycles. The van der Waals surface area contributed by atoms with Crippen molar-refractivity contribution in [1.82, 2.24) is 0 Å². The van der Waals surface area contributed by atoms with Crippen molar-refractivity contribution in [2.45, 2.75) is 0 Å². The first-order chi connectivity index (χ1) is 2.43. The Hall–Kier alpha value is 0.690. The standard InChI is InChI=1S/C2H6OP2/c1-3-5-2-4-5/h5H,2H2,1H3. The normalized spacial score (nSPS) is 35.8. The third-order valence-corrected chi connectivity index (χ3v) is 3.84. The van der Waals surface area contributed by atoms with Gasteiger partial charge in [-0.1, -0.05) is 7.87 Å². The molecule has 0 radical (unpaired) electrons. The lowest BCUT2D eigenvalue weighted by molar-refractivity contribution is 0.479. The van der Waals surface area contributed by atoms with Gasteiger partial charge >= 0.3 is 0 Å². The van der Waals surface area contributed by atoms with Crippen molar-refractivity contribution in [1.29, 1.82) is 0 Å². The Bertz CT molecular complexity index is 68.0. The fourth-order valence-corrected chi connectivity index (χ4v) is 2.03. The van der Waals surface area contributed by atoms with Gasteiger partial charge in [0.1, 0.15) is 0 Å². The van der Waals surface area contributed by atoms with Crippen LogP contribution >= 0.6 is 15.3 Å². The zero-order valence-electron chi connectivity index (χ0n) is 3.06. The zero-order valence-corrected chi connectivity index (χ0v) is 4.96. The van der Waals surface area contributed by atoms with Crippen molar-refractivity contribution in [3.8, 4) is 0 Å². The lowest BCUT2D eigenvalue weighted by atomic mass is 11.8. The van der Waals surface area contributed by atoms with Crippen LogP contribution in [0.3, 0.4) is 0 Å². The first kappa shape index (κ1) is 3.87. The van der Waals surface area contributed by atoms with Crippen molar-refractivity contribution >= 4 is 15.3 Å². The predicted molar refractivity (Wildman–Crippen MR) is 27.1 cm³/mol. The summed E-state index contributed by atoms with van der Waals surface area (Å²) >= 11 is 0. The Labute approximate surface area is 33.8 Å². The maximum Gasteiger partial charge on any atom is 0.0398 e. The summed E-state index contributed by atoms with van der Waals surface area (Å²) in [6.45, 7) is 0. The van der Waals surface area contributed by atoms with E-state index < -0.39 is 0 Å². The molecule has 30 valence electrons. The van der Waals surface area contributed by atoms with E-state index in [-0.39, 0.29) is 7.44 Å². The highest BCUT2D eigenvalue weighted by Gasteiger charge is 2.01. The average molecular weight is 108 g/mol. The van der Waals surface area contributed by atoms with Gasteiger partial charge in [-0.05, 0) is 0 Å². The van der Waals surface area contributed by atoms with Crippen LogP contribution in [0.4, 0.5) is 0 Å². The molecule has 0 saturated carbocycles. The van der Waals surface area contributed by atoms with E-state index in [4.69, 9.17) is 4.52 Å². The average Bonchev–Trinajstić information content (AvgIpc) is 2.12. The molecule has 0 aromatic heterocycles. The first-order valence-electron chi connectivity index (χ1n) is 1.51. The second-order valence-electron chi connectivity index (χ2n) is 0.914. The van der Waals surface area contributed by atoms with E-state index in [0.29, 0.717) is 0 Å². The van der Waals surface area contributed by atoms with Crippen LogP contribution in [0, 0.1) is 0 Å². The third-order valence-electron chi connectivity index (χ3n) is 0.523. The quantitative estimate of drug-likeness (QED) is 0.463. The molecule has 0 fully saturated rings. The maximum absolute atomic E-state index is 4.95. The SMILES string of the molecule is CO[PH]1=PC1. The van der Waals surface area contributed by atoms with Gasteiger partial charge in [0, 0.05) is 20.4 Å². The molecule has 1 nitrogen and oxygen atoms in total. The van der Waals surface area contributed by atoms with Crippen LogP contribution in [-0.4, -0.2) is 13.0 Å². The van der Waals surface area contributed by atoms with E-state index in [1.165, 1.54) is 5.90 Å². The van der Waals surface area contributed by atoms with Crippen molar-refractivity contribution in [2.75, 3.05) is 13.0 Å². The second kappa shape index (κ2) is 1.43. The molecule has 3 heteroatoms. The molecular formula is C2H6OP2. The van der Waals surface area contributed by atoms with Gasteiger partial charge in [-0.25, -0.2) is 0 Å². The number of hydrogen-bond donors (Lipinski definition) is 0. The zero-order chi connectivity index (χ0) is 3.70. The minimum Gasteiger partial charge on any atom is -0.363 e. The molecule has 0 aliphatic carbocycles. The molecular weight excluding hydrogens is 102 g/mol. The van der Waals surface area contributed by atoms with Crippen molar-refractivity contribution < 1.29 is 4.52 Å². The van der Waals surface area contributed by atoms with Gasteiger partial charge in [0.15, 0.2) is 0 Å². The van der Waals surface area contributed by atoms with E-state index >= 15 is 0 Å². The summed E-state index contributed by atoms with van der Waals surface area (Å²) in [6, 6.07) is 0. The fourth-order valence-electron chi connectivity index (χ4n) is 0.161. The molecule has 0 aromatic rings. The summed E-state index contributed by atoms with van der Waals surface area (Å²) in [4.78, 5) is 0. The summed E-state index contributed by atoms with van der Waals surface area (Å²) in [7, 11) is 3.22. The Morgan fingerprint density at radius 3 is 2.60 bits per heavy atom. The van der Waals surface area contributed by atoms with Crippen molar-refractivity contribution in [3.63, 3.8) is 0 Å². The molecule has 1 unspecified atom stereocenters.